The van der Waals surface area contributed by atoms with Gasteiger partial charge in [0.25, 0.3) is 0 Å². The van der Waals surface area contributed by atoms with Crippen LogP contribution in [0.5, 0.6) is 0 Å². The van der Waals surface area contributed by atoms with Crippen molar-refractivity contribution in [2.75, 3.05) is 27.3 Å². The fourth-order valence-electron chi connectivity index (χ4n) is 0.487. The highest BCUT2D eigenvalue weighted by Crippen LogP contribution is 1.78. The third-order valence-corrected chi connectivity index (χ3v) is 0.799. The molecule has 0 aliphatic carbocycles. The van der Waals surface area contributed by atoms with Gasteiger partial charge in [-0.2, -0.15) is 0 Å². The highest BCUT2D eigenvalue weighted by Gasteiger charge is 1.98. The van der Waals surface area contributed by atoms with E-state index in [4.69, 9.17) is 5.11 Å². The standard InChI is InChI=1S/C5H13NO2/c1-6-3-5(7)4-8-2/h5-7H,3-4H2,1-2H3/t5-/m0/s1. The van der Waals surface area contributed by atoms with Gasteiger partial charge in [-0.3, -0.25) is 0 Å². The van der Waals surface area contributed by atoms with Crippen molar-refractivity contribution in [3.63, 3.8) is 0 Å². The molecule has 8 heavy (non-hydrogen) atoms. The molecule has 0 aliphatic rings. The lowest BCUT2D eigenvalue weighted by Crippen LogP contribution is -2.27. The molecule has 0 heterocycles. The third-order valence-electron chi connectivity index (χ3n) is 0.799. The smallest absolute Gasteiger partial charge is 0.0897 e. The topological polar surface area (TPSA) is 41.5 Å². The zero-order chi connectivity index (χ0) is 6.41. The Bertz CT molecular complexity index is 43.7. The highest BCUT2D eigenvalue weighted by molar-refractivity contribution is 4.53. The number of rotatable bonds is 4. The maximum atomic E-state index is 8.86. The van der Waals surface area contributed by atoms with E-state index >= 15 is 0 Å². The van der Waals surface area contributed by atoms with Gasteiger partial charge in [-0.25, -0.2) is 0 Å². The Labute approximate surface area is 49.7 Å². The van der Waals surface area contributed by atoms with Crippen molar-refractivity contribution in [3.05, 3.63) is 0 Å². The molecule has 1 atom stereocenters. The maximum absolute atomic E-state index is 8.86. The van der Waals surface area contributed by atoms with Crippen LogP contribution in [0.3, 0.4) is 0 Å². The summed E-state index contributed by atoms with van der Waals surface area (Å²) in [5.74, 6) is 0. The molecule has 0 aliphatic heterocycles. The molecule has 2 N–H and O–H groups in total. The van der Waals surface area contributed by atoms with Gasteiger partial charge in [-0.05, 0) is 7.05 Å². The fraction of sp³-hybridized carbons (Fsp3) is 1.00. The van der Waals surface area contributed by atoms with Crippen molar-refractivity contribution in [1.82, 2.24) is 5.32 Å². The summed E-state index contributed by atoms with van der Waals surface area (Å²) >= 11 is 0. The first-order valence-electron chi connectivity index (χ1n) is 2.63. The van der Waals surface area contributed by atoms with Gasteiger partial charge in [0.2, 0.25) is 0 Å². The Balaban J connectivity index is 2.92. The van der Waals surface area contributed by atoms with E-state index in [2.05, 4.69) is 10.1 Å². The largest absolute Gasteiger partial charge is 0.389 e. The summed E-state index contributed by atoms with van der Waals surface area (Å²) < 4.78 is 4.67. The van der Waals surface area contributed by atoms with Crippen LogP contribution in [-0.2, 0) is 4.74 Å². The number of hydrogen-bond acceptors (Lipinski definition) is 3. The van der Waals surface area contributed by atoms with E-state index in [0.717, 1.165) is 0 Å². The molecule has 0 saturated carbocycles. The summed E-state index contributed by atoms with van der Waals surface area (Å²) in [6.07, 6.45) is -0.370. The van der Waals surface area contributed by atoms with E-state index in [1.807, 2.05) is 0 Å². The quantitative estimate of drug-likeness (QED) is 0.509. The van der Waals surface area contributed by atoms with Crippen molar-refractivity contribution < 1.29 is 9.84 Å². The second-order valence-corrected chi connectivity index (χ2v) is 1.67. The predicted octanol–water partition coefficient (Wildman–Crippen LogP) is -0.787. The lowest BCUT2D eigenvalue weighted by molar-refractivity contribution is 0.0658. The van der Waals surface area contributed by atoms with E-state index in [9.17, 15) is 0 Å². The molecule has 3 nitrogen and oxygen atoms in total. The third kappa shape index (κ3) is 4.05. The van der Waals surface area contributed by atoms with Crippen LogP contribution in [0.25, 0.3) is 0 Å². The van der Waals surface area contributed by atoms with Gasteiger partial charge in [0.15, 0.2) is 0 Å². The minimum atomic E-state index is -0.370. The van der Waals surface area contributed by atoms with Gasteiger partial charge in [0.1, 0.15) is 0 Å². The molecule has 0 saturated heterocycles. The van der Waals surface area contributed by atoms with E-state index in [-0.39, 0.29) is 6.10 Å². The first-order valence-corrected chi connectivity index (χ1v) is 2.63. The van der Waals surface area contributed by atoms with E-state index in [1.165, 1.54) is 0 Å². The molecule has 0 aromatic rings. The lowest BCUT2D eigenvalue weighted by Gasteiger charge is -2.06. The minimum absolute atomic E-state index is 0.370. The summed E-state index contributed by atoms with van der Waals surface area (Å²) in [5, 5.41) is 11.7. The zero-order valence-electron chi connectivity index (χ0n) is 5.35. The van der Waals surface area contributed by atoms with Crippen LogP contribution in [0.2, 0.25) is 0 Å². The molecule has 0 radical (unpaired) electrons. The van der Waals surface area contributed by atoms with Crippen LogP contribution in [0, 0.1) is 0 Å². The van der Waals surface area contributed by atoms with E-state index < -0.39 is 0 Å². The first-order chi connectivity index (χ1) is 3.81. The average Bonchev–Trinajstić information content (AvgIpc) is 1.68. The van der Waals surface area contributed by atoms with E-state index in [1.54, 1.807) is 14.2 Å². The van der Waals surface area contributed by atoms with Crippen LogP contribution in [0.15, 0.2) is 0 Å². The first kappa shape index (κ1) is 7.88. The molecule has 0 amide bonds. The van der Waals surface area contributed by atoms with Gasteiger partial charge < -0.3 is 15.2 Å². The number of methoxy groups -OCH3 is 1. The fourth-order valence-corrected chi connectivity index (χ4v) is 0.487. The minimum Gasteiger partial charge on any atom is -0.389 e. The number of ether oxygens (including phenoxy) is 1. The van der Waals surface area contributed by atoms with Gasteiger partial charge in [-0.1, -0.05) is 0 Å². The number of likely N-dealkylation sites (N-methyl/N-ethyl adjacent to an activating group) is 1. The molecular weight excluding hydrogens is 106 g/mol. The molecule has 0 spiro atoms. The Kier molecular flexibility index (Phi) is 4.95. The van der Waals surface area contributed by atoms with E-state index in [0.29, 0.717) is 13.2 Å². The molecule has 3 heteroatoms. The normalized spacial score (nSPS) is 13.9. The molecule has 0 aromatic heterocycles. The Morgan fingerprint density at radius 3 is 2.75 bits per heavy atom. The average molecular weight is 119 g/mol. The van der Waals surface area contributed by atoms with Gasteiger partial charge in [0.05, 0.1) is 12.7 Å². The van der Waals surface area contributed by atoms with Crippen LogP contribution in [0.1, 0.15) is 0 Å². The van der Waals surface area contributed by atoms with Crippen LogP contribution in [0.4, 0.5) is 0 Å². The summed E-state index contributed by atoms with van der Waals surface area (Å²) in [7, 11) is 3.36. The van der Waals surface area contributed by atoms with Crippen molar-refractivity contribution in [1.29, 1.82) is 0 Å². The van der Waals surface area contributed by atoms with Crippen molar-refractivity contribution in [2.45, 2.75) is 6.10 Å². The summed E-state index contributed by atoms with van der Waals surface area (Å²) in [5.41, 5.74) is 0. The van der Waals surface area contributed by atoms with Gasteiger partial charge in [0, 0.05) is 13.7 Å². The van der Waals surface area contributed by atoms with Crippen LogP contribution < -0.4 is 5.32 Å². The summed E-state index contributed by atoms with van der Waals surface area (Å²) in [6, 6.07) is 0. The summed E-state index contributed by atoms with van der Waals surface area (Å²) in [4.78, 5) is 0. The lowest BCUT2D eigenvalue weighted by atomic mass is 10.4. The van der Waals surface area contributed by atoms with Crippen LogP contribution in [-0.4, -0.2) is 38.5 Å². The summed E-state index contributed by atoms with van der Waals surface area (Å²) in [6.45, 7) is 0.995. The molecule has 0 rings (SSSR count). The van der Waals surface area contributed by atoms with Crippen molar-refractivity contribution >= 4 is 0 Å². The monoisotopic (exact) mass is 119 g/mol. The maximum Gasteiger partial charge on any atom is 0.0897 e. The van der Waals surface area contributed by atoms with Gasteiger partial charge in [-0.15, -0.1) is 0 Å². The number of aliphatic hydroxyl groups is 1. The molecule has 0 bridgehead atoms. The molecule has 50 valence electrons. The second kappa shape index (κ2) is 5.03. The molecule has 0 fully saturated rings. The van der Waals surface area contributed by atoms with Gasteiger partial charge >= 0.3 is 0 Å². The Morgan fingerprint density at radius 1 is 1.75 bits per heavy atom. The molecule has 0 unspecified atom stereocenters. The van der Waals surface area contributed by atoms with Crippen molar-refractivity contribution in [2.24, 2.45) is 0 Å². The molecule has 0 aromatic carbocycles. The van der Waals surface area contributed by atoms with Crippen LogP contribution >= 0.6 is 0 Å². The Morgan fingerprint density at radius 2 is 2.38 bits per heavy atom. The number of nitrogens with one attached hydrogen (secondary N) is 1. The zero-order valence-corrected chi connectivity index (χ0v) is 5.35. The highest BCUT2D eigenvalue weighted by atomic mass is 16.5. The molecular formula is C5H13NO2. The SMILES string of the molecule is CNC[C@H](O)COC. The number of aliphatic hydroxyl groups excluding tert-OH is 1. The second-order valence-electron chi connectivity index (χ2n) is 1.67. The predicted molar refractivity (Wildman–Crippen MR) is 31.8 cm³/mol. The van der Waals surface area contributed by atoms with Crippen molar-refractivity contribution in [3.8, 4) is 0 Å². The Hall–Kier alpha value is -0.120. The number of hydrogen-bond donors (Lipinski definition) is 2.